The fraction of sp³-hybridized carbons (Fsp3) is 0.333. The van der Waals surface area contributed by atoms with Crippen LogP contribution in [0.4, 0.5) is 13.2 Å². The van der Waals surface area contributed by atoms with Crippen molar-refractivity contribution >= 4 is 0 Å². The molecule has 4 nitrogen and oxygen atoms in total. The van der Waals surface area contributed by atoms with E-state index in [-0.39, 0.29) is 12.1 Å². The van der Waals surface area contributed by atoms with E-state index in [4.69, 9.17) is 5.21 Å². The zero-order valence-corrected chi connectivity index (χ0v) is 8.30. The summed E-state index contributed by atoms with van der Waals surface area (Å²) in [4.78, 5) is 0. The zero-order chi connectivity index (χ0) is 12.3. The first-order valence-corrected chi connectivity index (χ1v) is 4.24. The molecule has 0 heterocycles. The standard InChI is InChI=1S/C9H10F3NO3/c1-16-8-6(9(10,11)12)3-2-5(4-13-15)7(8)14/h2-3,13-15H,4H2,1H3. The molecule has 0 aromatic heterocycles. The lowest BCUT2D eigenvalue weighted by molar-refractivity contribution is -0.138. The van der Waals surface area contributed by atoms with Crippen LogP contribution in [0.1, 0.15) is 11.1 Å². The van der Waals surface area contributed by atoms with Gasteiger partial charge < -0.3 is 15.1 Å². The van der Waals surface area contributed by atoms with Crippen molar-refractivity contribution in [3.63, 3.8) is 0 Å². The van der Waals surface area contributed by atoms with Gasteiger partial charge in [-0.2, -0.15) is 13.2 Å². The van der Waals surface area contributed by atoms with Gasteiger partial charge >= 0.3 is 6.18 Å². The summed E-state index contributed by atoms with van der Waals surface area (Å²) in [6, 6.07) is 1.84. The molecule has 3 N–H and O–H groups in total. The molecular formula is C9H10F3NO3. The smallest absolute Gasteiger partial charge is 0.420 e. The van der Waals surface area contributed by atoms with Crippen LogP contribution in [-0.2, 0) is 12.7 Å². The number of phenols is 1. The number of nitrogens with one attached hydrogen (secondary N) is 1. The summed E-state index contributed by atoms with van der Waals surface area (Å²) in [5, 5.41) is 17.9. The third kappa shape index (κ3) is 2.37. The molecule has 16 heavy (non-hydrogen) atoms. The minimum atomic E-state index is -4.60. The third-order valence-corrected chi connectivity index (χ3v) is 1.99. The Balaban J connectivity index is 3.29. The Labute approximate surface area is 89.2 Å². The highest BCUT2D eigenvalue weighted by Gasteiger charge is 2.36. The molecular weight excluding hydrogens is 227 g/mol. The maximum absolute atomic E-state index is 12.5. The van der Waals surface area contributed by atoms with Crippen molar-refractivity contribution in [2.75, 3.05) is 7.11 Å². The molecule has 7 heteroatoms. The minimum absolute atomic E-state index is 0.104. The first-order chi connectivity index (χ1) is 7.41. The molecule has 0 aliphatic carbocycles. The van der Waals surface area contributed by atoms with E-state index in [1.165, 1.54) is 0 Å². The maximum Gasteiger partial charge on any atom is 0.420 e. The summed E-state index contributed by atoms with van der Waals surface area (Å²) in [5.74, 6) is -1.29. The van der Waals surface area contributed by atoms with Crippen molar-refractivity contribution in [2.24, 2.45) is 0 Å². The summed E-state index contributed by atoms with van der Waals surface area (Å²) >= 11 is 0. The first-order valence-electron chi connectivity index (χ1n) is 4.24. The zero-order valence-electron chi connectivity index (χ0n) is 8.30. The van der Waals surface area contributed by atoms with Crippen LogP contribution in [0.3, 0.4) is 0 Å². The van der Waals surface area contributed by atoms with Crippen LogP contribution >= 0.6 is 0 Å². The summed E-state index contributed by atoms with van der Waals surface area (Å²) in [6.45, 7) is -0.180. The second-order valence-electron chi connectivity index (χ2n) is 2.99. The number of hydrogen-bond acceptors (Lipinski definition) is 4. The van der Waals surface area contributed by atoms with Gasteiger partial charge in [0, 0.05) is 12.1 Å². The Bertz CT molecular complexity index is 379. The van der Waals surface area contributed by atoms with Crippen molar-refractivity contribution < 1.29 is 28.2 Å². The molecule has 0 atom stereocenters. The van der Waals surface area contributed by atoms with Crippen LogP contribution in [0.5, 0.6) is 11.5 Å². The number of ether oxygens (including phenoxy) is 1. The predicted molar refractivity (Wildman–Crippen MR) is 48.3 cm³/mol. The number of methoxy groups -OCH3 is 1. The second-order valence-corrected chi connectivity index (χ2v) is 2.99. The van der Waals surface area contributed by atoms with Crippen molar-refractivity contribution in [2.45, 2.75) is 12.7 Å². The molecule has 0 bridgehead atoms. The SMILES string of the molecule is COc1c(C(F)(F)F)ccc(CNO)c1O. The van der Waals surface area contributed by atoms with Crippen LogP contribution in [-0.4, -0.2) is 17.4 Å². The van der Waals surface area contributed by atoms with E-state index >= 15 is 0 Å². The Kier molecular flexibility index (Phi) is 3.61. The number of hydrogen-bond donors (Lipinski definition) is 3. The number of benzene rings is 1. The van der Waals surface area contributed by atoms with Gasteiger partial charge in [-0.25, -0.2) is 5.48 Å². The fourth-order valence-electron chi connectivity index (χ4n) is 1.27. The number of aromatic hydroxyl groups is 1. The molecule has 0 saturated carbocycles. The van der Waals surface area contributed by atoms with E-state index < -0.39 is 23.2 Å². The largest absolute Gasteiger partial charge is 0.504 e. The van der Waals surface area contributed by atoms with Gasteiger partial charge in [-0.1, -0.05) is 6.07 Å². The molecule has 1 aromatic carbocycles. The highest BCUT2D eigenvalue weighted by molar-refractivity contribution is 5.52. The van der Waals surface area contributed by atoms with Gasteiger partial charge in [0.1, 0.15) is 5.56 Å². The quantitative estimate of drug-likeness (QED) is 0.702. The van der Waals surface area contributed by atoms with Gasteiger partial charge in [-0.05, 0) is 6.07 Å². The topological polar surface area (TPSA) is 61.7 Å². The van der Waals surface area contributed by atoms with Gasteiger partial charge in [-0.3, -0.25) is 0 Å². The third-order valence-electron chi connectivity index (χ3n) is 1.99. The lowest BCUT2D eigenvalue weighted by atomic mass is 10.1. The molecule has 0 spiro atoms. The van der Waals surface area contributed by atoms with Gasteiger partial charge in [0.15, 0.2) is 11.5 Å². The van der Waals surface area contributed by atoms with Crippen molar-refractivity contribution in [1.82, 2.24) is 5.48 Å². The lowest BCUT2D eigenvalue weighted by Gasteiger charge is -2.15. The second kappa shape index (κ2) is 4.58. The van der Waals surface area contributed by atoms with Crippen LogP contribution < -0.4 is 10.2 Å². The van der Waals surface area contributed by atoms with Crippen molar-refractivity contribution in [3.05, 3.63) is 23.3 Å². The predicted octanol–water partition coefficient (Wildman–Crippen LogP) is 1.90. The molecule has 0 radical (unpaired) electrons. The Hall–Kier alpha value is -1.47. The average Bonchev–Trinajstić information content (AvgIpc) is 2.19. The minimum Gasteiger partial charge on any atom is -0.504 e. The molecule has 0 unspecified atom stereocenters. The summed E-state index contributed by atoms with van der Waals surface area (Å²) in [7, 11) is 1.03. The molecule has 0 fully saturated rings. The monoisotopic (exact) mass is 237 g/mol. The van der Waals surface area contributed by atoms with E-state index in [1.807, 2.05) is 0 Å². The number of halogens is 3. The van der Waals surface area contributed by atoms with Crippen molar-refractivity contribution in [1.29, 1.82) is 0 Å². The molecule has 1 rings (SSSR count). The average molecular weight is 237 g/mol. The molecule has 1 aromatic rings. The van der Waals surface area contributed by atoms with Crippen LogP contribution in [0.2, 0.25) is 0 Å². The molecule has 0 aliphatic rings. The van der Waals surface area contributed by atoms with E-state index in [1.54, 1.807) is 5.48 Å². The van der Waals surface area contributed by atoms with Gasteiger partial charge in [0.05, 0.1) is 7.11 Å². The first kappa shape index (κ1) is 12.6. The van der Waals surface area contributed by atoms with E-state index in [9.17, 15) is 18.3 Å². The summed E-state index contributed by atoms with van der Waals surface area (Å²) in [6.07, 6.45) is -4.60. The summed E-state index contributed by atoms with van der Waals surface area (Å²) in [5.41, 5.74) is 0.781. The lowest BCUT2D eigenvalue weighted by Crippen LogP contribution is -2.11. The number of alkyl halides is 3. The Morgan fingerprint density at radius 3 is 2.44 bits per heavy atom. The van der Waals surface area contributed by atoms with Gasteiger partial charge in [0.2, 0.25) is 0 Å². The van der Waals surface area contributed by atoms with Crippen LogP contribution in [0, 0.1) is 0 Å². The van der Waals surface area contributed by atoms with E-state index in [0.29, 0.717) is 0 Å². The molecule has 90 valence electrons. The normalized spacial score (nSPS) is 11.6. The Morgan fingerprint density at radius 1 is 1.38 bits per heavy atom. The number of rotatable bonds is 3. The molecule has 0 aliphatic heterocycles. The summed E-state index contributed by atoms with van der Waals surface area (Å²) < 4.78 is 41.9. The molecule has 0 amide bonds. The van der Waals surface area contributed by atoms with Gasteiger partial charge in [0.25, 0.3) is 0 Å². The number of phenolic OH excluding ortho intramolecular Hbond substituents is 1. The maximum atomic E-state index is 12.5. The van der Waals surface area contributed by atoms with E-state index in [0.717, 1.165) is 19.2 Å². The molecule has 0 saturated heterocycles. The highest BCUT2D eigenvalue weighted by Crippen LogP contribution is 2.42. The van der Waals surface area contributed by atoms with Crippen molar-refractivity contribution in [3.8, 4) is 11.5 Å². The van der Waals surface area contributed by atoms with Crippen LogP contribution in [0.25, 0.3) is 0 Å². The fourth-order valence-corrected chi connectivity index (χ4v) is 1.27. The Morgan fingerprint density at radius 2 is 2.00 bits per heavy atom. The highest BCUT2D eigenvalue weighted by atomic mass is 19.4. The van der Waals surface area contributed by atoms with Crippen LogP contribution in [0.15, 0.2) is 12.1 Å². The number of hydroxylamine groups is 1. The van der Waals surface area contributed by atoms with E-state index in [2.05, 4.69) is 4.74 Å². The van der Waals surface area contributed by atoms with Gasteiger partial charge in [-0.15, -0.1) is 0 Å².